The molecule has 0 spiro atoms. The molecule has 24 heavy (non-hydrogen) atoms. The minimum Gasteiger partial charge on any atom is -0.279 e. The summed E-state index contributed by atoms with van der Waals surface area (Å²) in [5.74, 6) is 0. The van der Waals surface area contributed by atoms with E-state index in [4.69, 9.17) is 5.26 Å². The summed E-state index contributed by atoms with van der Waals surface area (Å²) in [6, 6.07) is 7.23. The zero-order valence-electron chi connectivity index (χ0n) is 14.4. The molecule has 0 aromatic heterocycles. The van der Waals surface area contributed by atoms with Crippen molar-refractivity contribution in [2.24, 2.45) is 0 Å². The standard InChI is InChI=1S/C18H20N2O2S2/c1-11-8-12(2)15(5)18(14(11)4)24(21,22)20-17-7-6-16(23-10-19)9-13(17)3/h6-9,20H,1-5H3. The molecule has 126 valence electrons. The van der Waals surface area contributed by atoms with Gasteiger partial charge in [-0.2, -0.15) is 5.26 Å². The zero-order valence-corrected chi connectivity index (χ0v) is 16.0. The molecule has 4 nitrogen and oxygen atoms in total. The summed E-state index contributed by atoms with van der Waals surface area (Å²) in [7, 11) is -3.69. The molecule has 6 heteroatoms. The minimum atomic E-state index is -3.69. The van der Waals surface area contributed by atoms with Gasteiger partial charge >= 0.3 is 0 Å². The van der Waals surface area contributed by atoms with Crippen LogP contribution in [0.2, 0.25) is 0 Å². The lowest BCUT2D eigenvalue weighted by atomic mass is 10.0. The van der Waals surface area contributed by atoms with Crippen molar-refractivity contribution in [1.82, 2.24) is 0 Å². The molecule has 0 aliphatic carbocycles. The molecule has 0 saturated carbocycles. The summed E-state index contributed by atoms with van der Waals surface area (Å²) < 4.78 is 28.6. The molecule has 0 unspecified atom stereocenters. The predicted octanol–water partition coefficient (Wildman–Crippen LogP) is 4.60. The molecule has 0 radical (unpaired) electrons. The number of thiocyanates is 1. The lowest BCUT2D eigenvalue weighted by Crippen LogP contribution is -2.17. The summed E-state index contributed by atoms with van der Waals surface area (Å²) in [6.45, 7) is 9.31. The van der Waals surface area contributed by atoms with Gasteiger partial charge in [0.2, 0.25) is 0 Å². The van der Waals surface area contributed by atoms with E-state index in [0.717, 1.165) is 44.5 Å². The van der Waals surface area contributed by atoms with Crippen molar-refractivity contribution in [3.63, 3.8) is 0 Å². The second-order valence-electron chi connectivity index (χ2n) is 5.87. The molecule has 0 aliphatic heterocycles. The maximum absolute atomic E-state index is 12.9. The third-order valence-corrected chi connectivity index (χ3v) is 6.39. The molecule has 0 bridgehead atoms. The van der Waals surface area contributed by atoms with Gasteiger partial charge in [-0.3, -0.25) is 4.72 Å². The third kappa shape index (κ3) is 3.58. The predicted molar refractivity (Wildman–Crippen MR) is 98.8 cm³/mol. The lowest BCUT2D eigenvalue weighted by Gasteiger charge is -2.17. The number of rotatable bonds is 4. The molecular weight excluding hydrogens is 340 g/mol. The van der Waals surface area contributed by atoms with Crippen molar-refractivity contribution in [2.45, 2.75) is 44.4 Å². The molecule has 0 saturated heterocycles. The van der Waals surface area contributed by atoms with Crippen molar-refractivity contribution in [2.75, 3.05) is 4.72 Å². The number of benzene rings is 2. The molecule has 2 rings (SSSR count). The number of aryl methyl sites for hydroxylation is 3. The van der Waals surface area contributed by atoms with Crippen LogP contribution in [0.15, 0.2) is 34.1 Å². The number of anilines is 1. The van der Waals surface area contributed by atoms with Crippen LogP contribution in [0.25, 0.3) is 0 Å². The Hall–Kier alpha value is -1.97. The van der Waals surface area contributed by atoms with E-state index in [0.29, 0.717) is 10.6 Å². The van der Waals surface area contributed by atoms with Crippen LogP contribution in [-0.4, -0.2) is 8.42 Å². The number of hydrogen-bond donors (Lipinski definition) is 1. The Morgan fingerprint density at radius 2 is 1.54 bits per heavy atom. The summed E-state index contributed by atoms with van der Waals surface area (Å²) in [6.07, 6.45) is 0. The highest BCUT2D eigenvalue weighted by Crippen LogP contribution is 2.30. The van der Waals surface area contributed by atoms with Crippen molar-refractivity contribution >= 4 is 27.5 Å². The Labute approximate surface area is 148 Å². The molecule has 0 amide bonds. The molecule has 0 heterocycles. The molecule has 0 fully saturated rings. The smallest absolute Gasteiger partial charge is 0.262 e. The number of nitriles is 1. The number of thioether (sulfide) groups is 1. The first-order valence-electron chi connectivity index (χ1n) is 7.44. The van der Waals surface area contributed by atoms with Gasteiger partial charge in [-0.15, -0.1) is 0 Å². The number of hydrogen-bond acceptors (Lipinski definition) is 4. The highest BCUT2D eigenvalue weighted by molar-refractivity contribution is 8.03. The van der Waals surface area contributed by atoms with Crippen LogP contribution >= 0.6 is 11.8 Å². The first-order chi connectivity index (χ1) is 11.2. The average Bonchev–Trinajstić information content (AvgIpc) is 2.48. The van der Waals surface area contributed by atoms with Gasteiger partial charge in [0.15, 0.2) is 0 Å². The first-order valence-corrected chi connectivity index (χ1v) is 9.74. The normalized spacial score (nSPS) is 11.2. The highest BCUT2D eigenvalue weighted by atomic mass is 32.2. The van der Waals surface area contributed by atoms with Gasteiger partial charge in [-0.25, -0.2) is 8.42 Å². The molecule has 1 N–H and O–H groups in total. The van der Waals surface area contributed by atoms with Gasteiger partial charge in [0.05, 0.1) is 10.6 Å². The van der Waals surface area contributed by atoms with E-state index >= 15 is 0 Å². The van der Waals surface area contributed by atoms with Crippen molar-refractivity contribution in [3.8, 4) is 5.40 Å². The molecular formula is C18H20N2O2S2. The van der Waals surface area contributed by atoms with Crippen molar-refractivity contribution in [3.05, 3.63) is 52.1 Å². The van der Waals surface area contributed by atoms with Crippen molar-refractivity contribution in [1.29, 1.82) is 5.26 Å². The van der Waals surface area contributed by atoms with E-state index in [9.17, 15) is 8.42 Å². The summed E-state index contributed by atoms with van der Waals surface area (Å²) in [5.41, 5.74) is 4.74. The van der Waals surface area contributed by atoms with Crippen LogP contribution < -0.4 is 4.72 Å². The minimum absolute atomic E-state index is 0.342. The van der Waals surface area contributed by atoms with E-state index in [1.807, 2.05) is 46.1 Å². The van der Waals surface area contributed by atoms with E-state index in [2.05, 4.69) is 4.72 Å². The van der Waals surface area contributed by atoms with Gasteiger partial charge in [0.1, 0.15) is 5.40 Å². The Balaban J connectivity index is 2.49. The Bertz CT molecular complexity index is 916. The number of nitrogens with zero attached hydrogens (tertiary/aromatic N) is 1. The van der Waals surface area contributed by atoms with E-state index in [1.54, 1.807) is 18.2 Å². The van der Waals surface area contributed by atoms with Crippen LogP contribution in [0.1, 0.15) is 27.8 Å². The number of nitrogens with one attached hydrogen (secondary N) is 1. The van der Waals surface area contributed by atoms with E-state index in [1.165, 1.54) is 0 Å². The van der Waals surface area contributed by atoms with Crippen LogP contribution in [0.3, 0.4) is 0 Å². The average molecular weight is 361 g/mol. The quantitative estimate of drug-likeness (QED) is 0.639. The Morgan fingerprint density at radius 3 is 2.04 bits per heavy atom. The largest absolute Gasteiger partial charge is 0.279 e. The molecule has 2 aromatic rings. The van der Waals surface area contributed by atoms with Crippen LogP contribution in [0, 0.1) is 45.3 Å². The lowest BCUT2D eigenvalue weighted by molar-refractivity contribution is 0.599. The maximum Gasteiger partial charge on any atom is 0.262 e. The van der Waals surface area contributed by atoms with Gasteiger partial charge in [0.25, 0.3) is 10.0 Å². The van der Waals surface area contributed by atoms with Gasteiger partial charge in [-0.05, 0) is 92.4 Å². The van der Waals surface area contributed by atoms with Gasteiger partial charge in [-0.1, -0.05) is 6.07 Å². The van der Waals surface area contributed by atoms with Crippen molar-refractivity contribution < 1.29 is 8.42 Å². The van der Waals surface area contributed by atoms with E-state index in [-0.39, 0.29) is 0 Å². The van der Waals surface area contributed by atoms with E-state index < -0.39 is 10.0 Å². The summed E-state index contributed by atoms with van der Waals surface area (Å²) >= 11 is 1.05. The second kappa shape index (κ2) is 6.88. The summed E-state index contributed by atoms with van der Waals surface area (Å²) in [5, 5.41) is 10.7. The van der Waals surface area contributed by atoms with Crippen LogP contribution in [0.5, 0.6) is 0 Å². The van der Waals surface area contributed by atoms with Gasteiger partial charge < -0.3 is 0 Å². The molecule has 2 aromatic carbocycles. The van der Waals surface area contributed by atoms with Gasteiger partial charge in [0, 0.05) is 4.90 Å². The fourth-order valence-corrected chi connectivity index (χ4v) is 4.87. The highest BCUT2D eigenvalue weighted by Gasteiger charge is 2.22. The molecule has 0 atom stereocenters. The third-order valence-electron chi connectivity index (χ3n) is 4.17. The maximum atomic E-state index is 12.9. The topological polar surface area (TPSA) is 70.0 Å². The van der Waals surface area contributed by atoms with Crippen LogP contribution in [0.4, 0.5) is 5.69 Å². The summed E-state index contributed by atoms with van der Waals surface area (Å²) in [4.78, 5) is 1.13. The SMILES string of the molecule is Cc1cc(SC#N)ccc1NS(=O)(=O)c1c(C)c(C)cc(C)c1C. The monoisotopic (exact) mass is 360 g/mol. The fourth-order valence-electron chi connectivity index (χ4n) is 2.65. The zero-order chi connectivity index (χ0) is 18.1. The Kier molecular flexibility index (Phi) is 5.26. The Morgan fingerprint density at radius 1 is 0.958 bits per heavy atom. The molecule has 0 aliphatic rings. The second-order valence-corrected chi connectivity index (χ2v) is 8.34. The van der Waals surface area contributed by atoms with Crippen LogP contribution in [-0.2, 0) is 10.0 Å². The fraction of sp³-hybridized carbons (Fsp3) is 0.278. The first kappa shape index (κ1) is 18.4. The number of sulfonamides is 1.